The van der Waals surface area contributed by atoms with E-state index in [-0.39, 0.29) is 23.7 Å². The number of carbonyl (C=O) groups is 3. The summed E-state index contributed by atoms with van der Waals surface area (Å²) in [6, 6.07) is 11.0. The smallest absolute Gasteiger partial charge is 0.338 e. The largest absolute Gasteiger partial charge is 0.449 e. The van der Waals surface area contributed by atoms with Crippen LogP contribution >= 0.6 is 0 Å². The molecular weight excluding hydrogens is 390 g/mol. The number of hydrogen-bond donors (Lipinski definition) is 1. The van der Waals surface area contributed by atoms with Crippen molar-refractivity contribution in [2.75, 3.05) is 18.9 Å². The Hall–Kier alpha value is -3.75. The molecule has 2 aromatic rings. The fourth-order valence-corrected chi connectivity index (χ4v) is 2.71. The molecule has 0 unspecified atom stereocenters. The summed E-state index contributed by atoms with van der Waals surface area (Å²) in [5.41, 5.74) is 1.95. The maximum atomic E-state index is 12.4. The van der Waals surface area contributed by atoms with E-state index in [0.717, 1.165) is 10.5 Å². The Kier molecular flexibility index (Phi) is 7.24. The van der Waals surface area contributed by atoms with Crippen LogP contribution in [0.4, 0.5) is 11.4 Å². The number of ether oxygens (including phenoxy) is 1. The van der Waals surface area contributed by atoms with Crippen LogP contribution in [-0.4, -0.2) is 47.3 Å². The van der Waals surface area contributed by atoms with Gasteiger partial charge in [0.1, 0.15) is 0 Å². The van der Waals surface area contributed by atoms with E-state index in [1.807, 2.05) is 19.1 Å². The van der Waals surface area contributed by atoms with Crippen LogP contribution in [0.3, 0.4) is 0 Å². The lowest BCUT2D eigenvalue weighted by Gasteiger charge is -2.21. The van der Waals surface area contributed by atoms with Crippen LogP contribution in [0.2, 0.25) is 0 Å². The lowest BCUT2D eigenvalue weighted by molar-refractivity contribution is -0.385. The van der Waals surface area contributed by atoms with E-state index in [0.29, 0.717) is 11.3 Å². The third-order valence-electron chi connectivity index (χ3n) is 4.35. The molecule has 0 aromatic heterocycles. The number of hydrogen-bond acceptors (Lipinski definition) is 6. The van der Waals surface area contributed by atoms with Gasteiger partial charge in [0, 0.05) is 24.4 Å². The van der Waals surface area contributed by atoms with E-state index in [1.54, 1.807) is 12.1 Å². The number of nitrogens with zero attached hydrogens (tertiary/aromatic N) is 2. The fourth-order valence-electron chi connectivity index (χ4n) is 2.71. The Morgan fingerprint density at radius 3 is 2.33 bits per heavy atom. The number of anilines is 1. The Bertz CT molecular complexity index is 971. The second-order valence-electron chi connectivity index (χ2n) is 6.91. The van der Waals surface area contributed by atoms with Crippen molar-refractivity contribution in [2.45, 2.75) is 26.9 Å². The van der Waals surface area contributed by atoms with Gasteiger partial charge in [-0.05, 0) is 45.0 Å². The molecule has 2 amide bonds. The van der Waals surface area contributed by atoms with E-state index in [1.165, 1.54) is 39.1 Å². The second kappa shape index (κ2) is 9.64. The predicted octanol–water partition coefficient (Wildman–Crippen LogP) is 2.85. The number of nitro benzene ring substituents is 1. The first kappa shape index (κ1) is 22.5. The molecule has 0 aliphatic carbocycles. The Balaban J connectivity index is 1.93. The number of benzene rings is 2. The van der Waals surface area contributed by atoms with Gasteiger partial charge in [-0.2, -0.15) is 0 Å². The van der Waals surface area contributed by atoms with Gasteiger partial charge in [0.05, 0.1) is 17.0 Å². The molecule has 2 rings (SSSR count). The van der Waals surface area contributed by atoms with Crippen molar-refractivity contribution >= 4 is 29.2 Å². The summed E-state index contributed by atoms with van der Waals surface area (Å²) in [6.07, 6.45) is -1.13. The van der Waals surface area contributed by atoms with Gasteiger partial charge >= 0.3 is 5.97 Å². The number of aryl methyl sites for hydroxylation is 2. The summed E-state index contributed by atoms with van der Waals surface area (Å²) in [6.45, 7) is 4.61. The van der Waals surface area contributed by atoms with E-state index >= 15 is 0 Å². The average molecular weight is 413 g/mol. The summed E-state index contributed by atoms with van der Waals surface area (Å²) in [7, 11) is 1.43. The number of esters is 1. The minimum Gasteiger partial charge on any atom is -0.449 e. The van der Waals surface area contributed by atoms with Crippen molar-refractivity contribution in [1.29, 1.82) is 0 Å². The maximum absolute atomic E-state index is 12.4. The summed E-state index contributed by atoms with van der Waals surface area (Å²) in [4.78, 5) is 48.3. The number of rotatable bonds is 7. The molecule has 9 heteroatoms. The van der Waals surface area contributed by atoms with Crippen LogP contribution in [0.25, 0.3) is 0 Å². The molecule has 0 heterocycles. The minimum absolute atomic E-state index is 0.0949. The van der Waals surface area contributed by atoms with Gasteiger partial charge < -0.3 is 15.0 Å². The SMILES string of the molecule is Cc1ccc(NC(=O)CN(C)C(=O)[C@@H](C)OC(=O)c2ccc([N+](=O)[O-])c(C)c2)cc1. The molecule has 0 radical (unpaired) electrons. The van der Waals surface area contributed by atoms with Crippen LogP contribution in [0, 0.1) is 24.0 Å². The summed E-state index contributed by atoms with van der Waals surface area (Å²) < 4.78 is 5.16. The topological polar surface area (TPSA) is 119 Å². The third kappa shape index (κ3) is 5.87. The zero-order valence-corrected chi connectivity index (χ0v) is 17.2. The van der Waals surface area contributed by atoms with Gasteiger partial charge in [-0.25, -0.2) is 4.79 Å². The number of likely N-dealkylation sites (N-methyl/N-ethyl adjacent to an activating group) is 1. The van der Waals surface area contributed by atoms with Crippen molar-refractivity contribution in [3.8, 4) is 0 Å². The van der Waals surface area contributed by atoms with Crippen LogP contribution in [0.5, 0.6) is 0 Å². The molecule has 0 saturated carbocycles. The van der Waals surface area contributed by atoms with Crippen molar-refractivity contribution in [1.82, 2.24) is 4.90 Å². The van der Waals surface area contributed by atoms with Crippen molar-refractivity contribution in [3.63, 3.8) is 0 Å². The lowest BCUT2D eigenvalue weighted by Crippen LogP contribution is -2.41. The van der Waals surface area contributed by atoms with E-state index in [9.17, 15) is 24.5 Å². The zero-order valence-electron chi connectivity index (χ0n) is 17.2. The molecule has 30 heavy (non-hydrogen) atoms. The molecule has 0 fully saturated rings. The van der Waals surface area contributed by atoms with Crippen molar-refractivity contribution < 1.29 is 24.0 Å². The van der Waals surface area contributed by atoms with Crippen LogP contribution in [0.15, 0.2) is 42.5 Å². The first-order chi connectivity index (χ1) is 14.1. The Labute approximate surface area is 173 Å². The van der Waals surface area contributed by atoms with Gasteiger partial charge in [0.15, 0.2) is 6.10 Å². The fraction of sp³-hybridized carbons (Fsp3) is 0.286. The van der Waals surface area contributed by atoms with Gasteiger partial charge in [-0.1, -0.05) is 17.7 Å². The minimum atomic E-state index is -1.13. The standard InChI is InChI=1S/C21H23N3O6/c1-13-5-8-17(9-6-13)22-19(25)12-23(4)20(26)15(3)30-21(27)16-7-10-18(24(28)29)14(2)11-16/h5-11,15H,12H2,1-4H3,(H,22,25)/t15-/m1/s1. The van der Waals surface area contributed by atoms with E-state index in [2.05, 4.69) is 5.32 Å². The van der Waals surface area contributed by atoms with E-state index in [4.69, 9.17) is 4.74 Å². The molecule has 0 saturated heterocycles. The number of amides is 2. The summed E-state index contributed by atoms with van der Waals surface area (Å²) in [5, 5.41) is 13.6. The van der Waals surface area contributed by atoms with Crippen molar-refractivity contribution in [2.24, 2.45) is 0 Å². The Morgan fingerprint density at radius 1 is 1.13 bits per heavy atom. The molecule has 0 spiro atoms. The highest BCUT2D eigenvalue weighted by Gasteiger charge is 2.24. The van der Waals surface area contributed by atoms with Gasteiger partial charge in [0.25, 0.3) is 11.6 Å². The zero-order chi connectivity index (χ0) is 22.4. The van der Waals surface area contributed by atoms with Gasteiger partial charge in [-0.3, -0.25) is 19.7 Å². The molecule has 2 aromatic carbocycles. The van der Waals surface area contributed by atoms with Gasteiger partial charge in [0.2, 0.25) is 5.91 Å². The third-order valence-corrected chi connectivity index (χ3v) is 4.35. The van der Waals surface area contributed by atoms with Gasteiger partial charge in [-0.15, -0.1) is 0 Å². The van der Waals surface area contributed by atoms with Crippen LogP contribution < -0.4 is 5.32 Å². The van der Waals surface area contributed by atoms with Crippen molar-refractivity contribution in [3.05, 3.63) is 69.3 Å². The first-order valence-corrected chi connectivity index (χ1v) is 9.16. The first-order valence-electron chi connectivity index (χ1n) is 9.16. The predicted molar refractivity (Wildman–Crippen MR) is 110 cm³/mol. The molecule has 1 N–H and O–H groups in total. The molecule has 9 nitrogen and oxygen atoms in total. The molecule has 0 aliphatic heterocycles. The van der Waals surface area contributed by atoms with Crippen LogP contribution in [-0.2, 0) is 14.3 Å². The highest BCUT2D eigenvalue weighted by Crippen LogP contribution is 2.19. The highest BCUT2D eigenvalue weighted by atomic mass is 16.6. The average Bonchev–Trinajstić information content (AvgIpc) is 2.68. The molecule has 1 atom stereocenters. The normalized spacial score (nSPS) is 11.3. The second-order valence-corrected chi connectivity index (χ2v) is 6.91. The number of nitrogens with one attached hydrogen (secondary N) is 1. The highest BCUT2D eigenvalue weighted by molar-refractivity contribution is 5.96. The lowest BCUT2D eigenvalue weighted by atomic mass is 10.1. The number of carbonyl (C=O) groups excluding carboxylic acids is 3. The summed E-state index contributed by atoms with van der Waals surface area (Å²) >= 11 is 0. The molecule has 158 valence electrons. The van der Waals surface area contributed by atoms with Crippen LogP contribution in [0.1, 0.15) is 28.4 Å². The maximum Gasteiger partial charge on any atom is 0.338 e. The molecule has 0 bridgehead atoms. The number of nitro groups is 1. The van der Waals surface area contributed by atoms with E-state index < -0.39 is 22.9 Å². The summed E-state index contributed by atoms with van der Waals surface area (Å²) in [5.74, 6) is -1.73. The Morgan fingerprint density at radius 2 is 1.77 bits per heavy atom. The molecular formula is C21H23N3O6. The quantitative estimate of drug-likeness (QED) is 0.423. The molecule has 0 aliphatic rings. The monoisotopic (exact) mass is 413 g/mol.